The number of amides is 1. The average molecular weight is 1060 g/mol. The predicted octanol–water partition coefficient (Wildman–Crippen LogP) is 14.8. The monoisotopic (exact) mass is 1060 g/mol. The van der Waals surface area contributed by atoms with Gasteiger partial charge in [-0.05, 0) is 44.9 Å². The quantitative estimate of drug-likeness (QED) is 0.0193. The highest BCUT2D eigenvalue weighted by Crippen LogP contribution is 2.26. The Hall–Kier alpha value is -1.42. The second-order valence-corrected chi connectivity index (χ2v) is 22.7. The molecule has 1 amide bonds. The van der Waals surface area contributed by atoms with Gasteiger partial charge in [0.15, 0.2) is 6.29 Å². The summed E-state index contributed by atoms with van der Waals surface area (Å²) in [5.74, 6) is -0.259. The molecule has 12 nitrogen and oxygen atoms in total. The number of ether oxygens (including phenoxy) is 2. The largest absolute Gasteiger partial charge is 0.397 e. The van der Waals surface area contributed by atoms with E-state index in [0.717, 1.165) is 38.5 Å². The zero-order chi connectivity index (χ0) is 53.3. The molecule has 1 heterocycles. The van der Waals surface area contributed by atoms with Gasteiger partial charge in [0.05, 0.1) is 25.4 Å². The molecule has 13 heteroatoms. The van der Waals surface area contributed by atoms with E-state index in [1.807, 2.05) is 6.08 Å². The third-order valence-electron chi connectivity index (χ3n) is 14.7. The third-order valence-corrected chi connectivity index (χ3v) is 15.2. The normalized spacial score (nSPS) is 19.4. The van der Waals surface area contributed by atoms with Gasteiger partial charge in [0.25, 0.3) is 0 Å². The number of carbonyl (C=O) groups excluding carboxylic acids is 1. The summed E-state index contributed by atoms with van der Waals surface area (Å²) in [5, 5.41) is 44.8. The van der Waals surface area contributed by atoms with Gasteiger partial charge in [-0.15, -0.1) is 0 Å². The Morgan fingerprint density at radius 1 is 0.534 bits per heavy atom. The lowest BCUT2D eigenvalue weighted by Crippen LogP contribution is -2.61. The lowest BCUT2D eigenvalue weighted by Gasteiger charge is -2.41. The number of aliphatic hydroxyl groups excluding tert-OH is 4. The molecule has 1 fully saturated rings. The van der Waals surface area contributed by atoms with Crippen molar-refractivity contribution in [3.8, 4) is 0 Å². The standard InChI is InChI=1S/C60H115NO11S/c1-3-5-7-9-11-13-15-16-17-18-19-20-21-22-23-24-25-26-27-28-29-30-31-32-33-34-35-36-37-38-40-42-44-46-48-50-56(64)61-53(54(63)49-47-45-43-41-39-14-12-10-8-6-4-2)52-70-60-58(66)59(72-73(67,68)69)57(65)55(51-62)71-60/h24-25,47,49,53-55,57-60,62-63,65-66H,3-23,26-46,48,50-52H2,1-2H3,(H,61,64)(H,67,68,69)/b25-24-,49-47+. The second-order valence-electron chi connectivity index (χ2n) is 21.6. The van der Waals surface area contributed by atoms with Crippen LogP contribution in [0.4, 0.5) is 0 Å². The van der Waals surface area contributed by atoms with E-state index in [9.17, 15) is 38.2 Å². The molecule has 0 saturated carbocycles. The highest BCUT2D eigenvalue weighted by Gasteiger charge is 2.48. The molecule has 6 N–H and O–H groups in total. The topological polar surface area (TPSA) is 192 Å². The van der Waals surface area contributed by atoms with Gasteiger partial charge in [-0.3, -0.25) is 9.35 Å². The first-order chi connectivity index (χ1) is 35.5. The van der Waals surface area contributed by atoms with E-state index < -0.39 is 59.9 Å². The van der Waals surface area contributed by atoms with Crippen molar-refractivity contribution in [1.82, 2.24) is 5.32 Å². The zero-order valence-corrected chi connectivity index (χ0v) is 47.8. The van der Waals surface area contributed by atoms with Gasteiger partial charge in [0.1, 0.15) is 24.4 Å². The van der Waals surface area contributed by atoms with Crippen molar-refractivity contribution in [2.45, 2.75) is 339 Å². The molecule has 7 atom stereocenters. The van der Waals surface area contributed by atoms with E-state index in [2.05, 4.69) is 35.5 Å². The first-order valence-electron chi connectivity index (χ1n) is 30.7. The van der Waals surface area contributed by atoms with Crippen LogP contribution >= 0.6 is 0 Å². The predicted molar refractivity (Wildman–Crippen MR) is 301 cm³/mol. The highest BCUT2D eigenvalue weighted by atomic mass is 32.3. The van der Waals surface area contributed by atoms with Crippen molar-refractivity contribution in [1.29, 1.82) is 0 Å². The molecule has 0 aromatic heterocycles. The van der Waals surface area contributed by atoms with Crippen molar-refractivity contribution in [2.24, 2.45) is 0 Å². The molecule has 1 rings (SSSR count). The maximum atomic E-state index is 13.1. The minimum atomic E-state index is -5.09. The molecule has 1 aliphatic heterocycles. The van der Waals surface area contributed by atoms with Gasteiger partial charge in [0.2, 0.25) is 5.91 Å². The number of carbonyl (C=O) groups is 1. The van der Waals surface area contributed by atoms with Crippen LogP contribution in [0.1, 0.15) is 296 Å². The fraction of sp³-hybridized carbons (Fsp3) is 0.917. The van der Waals surface area contributed by atoms with Crippen LogP contribution in [0, 0.1) is 0 Å². The first kappa shape index (κ1) is 69.6. The summed E-state index contributed by atoms with van der Waals surface area (Å²) in [6.45, 7) is 3.40. The van der Waals surface area contributed by atoms with E-state index in [4.69, 9.17) is 9.47 Å². The lowest BCUT2D eigenvalue weighted by atomic mass is 9.99. The molecule has 0 aromatic carbocycles. The van der Waals surface area contributed by atoms with E-state index in [-0.39, 0.29) is 18.9 Å². The molecule has 0 aromatic rings. The average Bonchev–Trinajstić information content (AvgIpc) is 3.37. The molecular formula is C60H115NO11S. The Labute approximate surface area is 448 Å². The zero-order valence-electron chi connectivity index (χ0n) is 47.0. The summed E-state index contributed by atoms with van der Waals surface area (Å²) >= 11 is 0. The van der Waals surface area contributed by atoms with Crippen LogP contribution in [0.25, 0.3) is 0 Å². The number of hydrogen-bond donors (Lipinski definition) is 6. The van der Waals surface area contributed by atoms with Gasteiger partial charge in [-0.2, -0.15) is 8.42 Å². The molecule has 0 radical (unpaired) electrons. The summed E-state index contributed by atoms with van der Waals surface area (Å²) in [7, 11) is -5.09. The van der Waals surface area contributed by atoms with Gasteiger partial charge in [-0.1, -0.05) is 269 Å². The smallest absolute Gasteiger partial charge is 0.394 e. The Bertz CT molecular complexity index is 1380. The van der Waals surface area contributed by atoms with Gasteiger partial charge >= 0.3 is 10.4 Å². The van der Waals surface area contributed by atoms with Crippen molar-refractivity contribution < 1.29 is 51.8 Å². The van der Waals surface area contributed by atoms with Crippen LogP contribution < -0.4 is 5.32 Å². The summed E-state index contributed by atoms with van der Waals surface area (Å²) in [5.41, 5.74) is 0. The van der Waals surface area contributed by atoms with Crippen LogP contribution in [0.15, 0.2) is 24.3 Å². The van der Waals surface area contributed by atoms with Crippen LogP contribution in [-0.4, -0.2) is 95.4 Å². The molecule has 1 saturated heterocycles. The van der Waals surface area contributed by atoms with Crippen LogP contribution in [0.3, 0.4) is 0 Å². The van der Waals surface area contributed by atoms with Gasteiger partial charge < -0.3 is 35.2 Å². The van der Waals surface area contributed by atoms with Gasteiger partial charge in [0, 0.05) is 6.42 Å². The molecule has 0 spiro atoms. The van der Waals surface area contributed by atoms with Crippen LogP contribution in [0.5, 0.6) is 0 Å². The fourth-order valence-corrected chi connectivity index (χ4v) is 10.5. The van der Waals surface area contributed by atoms with E-state index in [1.54, 1.807) is 6.08 Å². The number of aliphatic hydroxyl groups is 4. The van der Waals surface area contributed by atoms with Crippen molar-refractivity contribution in [3.05, 3.63) is 24.3 Å². The Kier molecular flexibility index (Phi) is 47.8. The Morgan fingerprint density at radius 3 is 1.23 bits per heavy atom. The highest BCUT2D eigenvalue weighted by molar-refractivity contribution is 7.80. The van der Waals surface area contributed by atoms with E-state index in [1.165, 1.54) is 231 Å². The third kappa shape index (κ3) is 42.3. The number of hydrogen-bond acceptors (Lipinski definition) is 10. The number of unbranched alkanes of at least 4 members (excludes halogenated alkanes) is 40. The lowest BCUT2D eigenvalue weighted by molar-refractivity contribution is -0.298. The molecule has 7 unspecified atom stereocenters. The maximum absolute atomic E-state index is 13.1. The molecular weight excluding hydrogens is 943 g/mol. The minimum Gasteiger partial charge on any atom is -0.394 e. The molecule has 73 heavy (non-hydrogen) atoms. The minimum absolute atomic E-state index is 0.259. The summed E-state index contributed by atoms with van der Waals surface area (Å²) < 4.78 is 47.7. The first-order valence-corrected chi connectivity index (χ1v) is 32.1. The van der Waals surface area contributed by atoms with Crippen molar-refractivity contribution in [2.75, 3.05) is 13.2 Å². The van der Waals surface area contributed by atoms with Crippen molar-refractivity contribution >= 4 is 16.3 Å². The Balaban J connectivity index is 2.16. The molecule has 0 aliphatic carbocycles. The number of rotatable bonds is 54. The number of allylic oxidation sites excluding steroid dienone is 3. The van der Waals surface area contributed by atoms with Crippen molar-refractivity contribution in [3.63, 3.8) is 0 Å². The summed E-state index contributed by atoms with van der Waals surface area (Å²) in [4.78, 5) is 13.1. The van der Waals surface area contributed by atoms with Crippen LogP contribution in [0.2, 0.25) is 0 Å². The van der Waals surface area contributed by atoms with Gasteiger partial charge in [-0.25, -0.2) is 4.18 Å². The number of nitrogens with one attached hydrogen (secondary N) is 1. The molecule has 432 valence electrons. The fourth-order valence-electron chi connectivity index (χ4n) is 9.98. The van der Waals surface area contributed by atoms with Crippen LogP contribution in [-0.2, 0) is 28.9 Å². The second kappa shape index (κ2) is 50.1. The SMILES string of the molecule is CCCCCCCCCCC/C=C/C(O)C(COC1OC(CO)C(O)C(OS(=O)(=O)O)C1O)NC(=O)CCCCCCCCCCCCCCCCCCC/C=C\CCCCCCCCCCCCCCCC. The maximum Gasteiger partial charge on any atom is 0.397 e. The van der Waals surface area contributed by atoms with E-state index >= 15 is 0 Å². The Morgan fingerprint density at radius 2 is 0.877 bits per heavy atom. The summed E-state index contributed by atoms with van der Waals surface area (Å²) in [6, 6.07) is -0.941. The summed E-state index contributed by atoms with van der Waals surface area (Å²) in [6.07, 6.45) is 54.1. The van der Waals surface area contributed by atoms with E-state index in [0.29, 0.717) is 6.42 Å². The molecule has 1 aliphatic rings. The molecule has 0 bridgehead atoms.